The van der Waals surface area contributed by atoms with Gasteiger partial charge in [0.1, 0.15) is 16.7 Å². The van der Waals surface area contributed by atoms with E-state index in [1.807, 2.05) is 90.1 Å². The van der Waals surface area contributed by atoms with Crippen molar-refractivity contribution in [3.63, 3.8) is 0 Å². The summed E-state index contributed by atoms with van der Waals surface area (Å²) in [4.78, 5) is 18.3. The third-order valence-electron chi connectivity index (χ3n) is 21.5. The third-order valence-corrected chi connectivity index (χ3v) is 22.1. The van der Waals surface area contributed by atoms with Crippen LogP contribution in [0, 0.1) is 78.1 Å². The normalized spacial score (nSPS) is 14.3. The van der Waals surface area contributed by atoms with Crippen molar-refractivity contribution < 1.29 is 107 Å². The molecule has 17 heteroatoms. The summed E-state index contributed by atoms with van der Waals surface area (Å²) >= 11 is 0. The molecule has 0 atom stereocenters. The maximum Gasteiger partial charge on any atom is 0.522 e. The fraction of sp³-hybridized carbons (Fsp3) is 0.322. The summed E-state index contributed by atoms with van der Waals surface area (Å²) in [6.07, 6.45) is 5.91. The Morgan fingerprint density at radius 3 is 1.01 bits per heavy atom. The number of aliphatic hydroxyl groups is 2. The topological polar surface area (TPSA) is 173 Å². The van der Waals surface area contributed by atoms with Crippen molar-refractivity contribution in [2.24, 2.45) is 32.5 Å². The second-order valence-electron chi connectivity index (χ2n) is 39.9. The van der Waals surface area contributed by atoms with Crippen LogP contribution in [-0.4, -0.2) is 62.8 Å². The second kappa shape index (κ2) is 43.8. The molecule has 712 valence electrons. The molecule has 11 nitrogen and oxygen atoms in total. The van der Waals surface area contributed by atoms with Crippen LogP contribution in [0.4, 0.5) is 13.2 Å². The van der Waals surface area contributed by atoms with Crippen molar-refractivity contribution in [1.82, 2.24) is 19.9 Å². The van der Waals surface area contributed by atoms with Crippen molar-refractivity contribution in [2.45, 2.75) is 203 Å². The predicted molar refractivity (Wildman–Crippen MR) is 553 cm³/mol. The van der Waals surface area contributed by atoms with Gasteiger partial charge in [0.25, 0.3) is 0 Å². The minimum absolute atomic E-state index is 0. The number of hydrogen-bond acceptors (Lipinski definition) is 10. The van der Waals surface area contributed by atoms with E-state index in [0.29, 0.717) is 81.7 Å². The van der Waals surface area contributed by atoms with E-state index in [9.17, 15) is 13.2 Å². The molecule has 135 heavy (non-hydrogen) atoms. The van der Waals surface area contributed by atoms with E-state index < -0.39 is 66.6 Å². The maximum atomic E-state index is 10.7. The van der Waals surface area contributed by atoms with Gasteiger partial charge in [-0.15, -0.1) is 89.0 Å². The van der Waals surface area contributed by atoms with E-state index in [4.69, 9.17) is 54.0 Å². The van der Waals surface area contributed by atoms with Crippen LogP contribution in [0.15, 0.2) is 246 Å². The van der Waals surface area contributed by atoms with Gasteiger partial charge < -0.3 is 34.0 Å². The van der Waals surface area contributed by atoms with Crippen LogP contribution in [0.2, 0.25) is 0 Å². The van der Waals surface area contributed by atoms with Gasteiger partial charge in [-0.05, 0) is 213 Å². The first kappa shape index (κ1) is 85.9. The zero-order chi connectivity index (χ0) is 110. The molecule has 0 aliphatic heterocycles. The number of aliphatic hydroxyl groups excluding tert-OH is 2. The Morgan fingerprint density at radius 1 is 0.348 bits per heavy atom. The summed E-state index contributed by atoms with van der Waals surface area (Å²) in [7, 11) is -3.84. The van der Waals surface area contributed by atoms with Crippen LogP contribution in [0.5, 0.6) is 0 Å². The monoisotopic (exact) mass is 2210 g/mol. The van der Waals surface area contributed by atoms with Gasteiger partial charge in [-0.2, -0.15) is 21.6 Å². The number of para-hydroxylation sites is 1. The van der Waals surface area contributed by atoms with Gasteiger partial charge in [0.2, 0.25) is 0 Å². The fourth-order valence-corrected chi connectivity index (χ4v) is 16.5. The Balaban J connectivity index is 0.000000217. The molecule has 6 heterocycles. The van der Waals surface area contributed by atoms with Crippen molar-refractivity contribution in [3.05, 3.63) is 311 Å². The molecule has 6 aromatic heterocycles. The molecule has 18 aromatic rings. The number of pyridine rings is 4. The second-order valence-corrected chi connectivity index (χ2v) is 41.3. The van der Waals surface area contributed by atoms with Crippen LogP contribution < -0.4 is 0 Å². The van der Waals surface area contributed by atoms with Crippen molar-refractivity contribution >= 4 is 119 Å². The SMILES string of the molecule is C.CO.CO.O=S(=O)(O)C(F)(F)F.[2H]C([2H])([2H])c1c[c-]c(-c2cc(CC(C)(C)C)c(C([2H])([2H])C(C)(C)C)cn2)cc1.[2H]C([2H])([2H])c1c[c-]c(-c2cc(CC(C)(C)C)c(C([2H])([2H])C(C)(C)C)cn2)cc1.[2H]C([2H])([2H])c1cnc(-c2[c-]ccc3c2oc2c3ccc3c4ccccc4c4ccccc4c32)cc1CC(C)(C)C.[2H]C([2H])([2H])c1cnc(-c2cccc3c2oc2c3ccc3c4ccccc4c4ccccc4c32)cc1CC(C)(C)C.[Ir].[Ir]. The molecular formula is C118H130F3Ir2N4O7S-3. The molecule has 3 N–H and O–H groups in total. The molecule has 0 amide bonds. The van der Waals surface area contributed by atoms with Gasteiger partial charge in [-0.25, -0.2) is 0 Å². The summed E-state index contributed by atoms with van der Waals surface area (Å²) in [5, 5.41) is 32.2. The van der Waals surface area contributed by atoms with E-state index in [2.05, 4.69) is 249 Å². The summed E-state index contributed by atoms with van der Waals surface area (Å²) in [5.41, 5.74) is 7.74. The van der Waals surface area contributed by atoms with Gasteiger partial charge >= 0.3 is 15.6 Å². The zero-order valence-corrected chi connectivity index (χ0v) is 84.9. The van der Waals surface area contributed by atoms with E-state index in [-0.39, 0.29) is 80.4 Å². The molecule has 2 radical (unpaired) electrons. The number of halogens is 3. The van der Waals surface area contributed by atoms with E-state index in [1.54, 1.807) is 36.7 Å². The Kier molecular flexibility index (Phi) is 27.9. The minimum Gasteiger partial charge on any atom is -0.500 e. The third kappa shape index (κ3) is 26.4. The average molecular weight is 2210 g/mol. The summed E-state index contributed by atoms with van der Waals surface area (Å²) < 4.78 is 199. The van der Waals surface area contributed by atoms with Crippen LogP contribution in [-0.2, 0) is 88.8 Å². The average Bonchev–Trinajstić information content (AvgIpc) is 1.52. The van der Waals surface area contributed by atoms with E-state index in [0.717, 1.165) is 124 Å². The largest absolute Gasteiger partial charge is 0.522 e. The number of rotatable bonds is 10. The fourth-order valence-electron chi connectivity index (χ4n) is 16.5. The van der Waals surface area contributed by atoms with Crippen molar-refractivity contribution in [2.75, 3.05) is 14.2 Å². The van der Waals surface area contributed by atoms with E-state index >= 15 is 0 Å². The van der Waals surface area contributed by atoms with Gasteiger partial charge in [0.05, 0.1) is 11.3 Å². The van der Waals surface area contributed by atoms with Crippen molar-refractivity contribution in [1.29, 1.82) is 0 Å². The summed E-state index contributed by atoms with van der Waals surface area (Å²) in [6, 6.07) is 79.4. The molecule has 0 unspecified atom stereocenters. The minimum atomic E-state index is -5.84. The molecule has 12 aromatic carbocycles. The van der Waals surface area contributed by atoms with Crippen LogP contribution >= 0.6 is 0 Å². The molecule has 0 saturated carbocycles. The number of fused-ring (bicyclic) bond motifs is 20. The van der Waals surface area contributed by atoms with Gasteiger partial charge in [-0.1, -0.05) is 308 Å². The number of alkyl halides is 3. The predicted octanol–water partition coefficient (Wildman–Crippen LogP) is 32.1. The number of aryl methyl sites for hydroxylation is 4. The summed E-state index contributed by atoms with van der Waals surface area (Å²) in [5.74, 6) is 0. The Morgan fingerprint density at radius 2 is 0.659 bits per heavy atom. The van der Waals surface area contributed by atoms with E-state index in [1.165, 1.54) is 56.8 Å². The molecule has 0 aliphatic carbocycles. The number of benzene rings is 12. The number of hydrogen-bond donors (Lipinski definition) is 3. The Hall–Kier alpha value is -10.7. The van der Waals surface area contributed by atoms with Crippen molar-refractivity contribution in [3.8, 4) is 45.0 Å². The maximum absolute atomic E-state index is 10.7. The Bertz CT molecular complexity index is 7530. The number of nitrogens with zero attached hydrogens (tertiary/aromatic N) is 4. The first-order valence-electron chi connectivity index (χ1n) is 51.7. The van der Waals surface area contributed by atoms with Crippen LogP contribution in [0.1, 0.15) is 210 Å². The van der Waals surface area contributed by atoms with Crippen LogP contribution in [0.3, 0.4) is 0 Å². The molecule has 0 aliphatic rings. The van der Waals surface area contributed by atoms with Crippen LogP contribution in [0.25, 0.3) is 154 Å². The number of aromatic nitrogens is 4. The molecule has 0 saturated heterocycles. The molecule has 0 spiro atoms. The number of furan rings is 2. The first-order valence-corrected chi connectivity index (χ1v) is 45.2. The molecule has 0 bridgehead atoms. The zero-order valence-electron chi connectivity index (χ0n) is 95.3. The quantitative estimate of drug-likeness (QED) is 0.0515. The summed E-state index contributed by atoms with van der Waals surface area (Å²) in [6.45, 7) is 28.0. The van der Waals surface area contributed by atoms with Gasteiger partial charge in [0.15, 0.2) is 0 Å². The molecule has 0 fully saturated rings. The standard InChI is InChI=1S/C35H29NO.C35H28NO.2C22H30N.CHF3O3S.2CH4O.CH4.2Ir/c2*1-21-20-36-31(18-22(21)19-35(2,3)4)30-15-9-14-28-29-17-16-27-25-12-6-5-10-23(25)24-11-7-8-13-26(24)32(27)34(29)37-33(28)30;2*1-16-8-10-17(11-9-16)20-12-18(13-21(2,3)4)19(15-23-20)14-22(5,6)7;2-1(3,4)8(5,6)7;2*1-2;;;/h5-18,20H,19H2,1-4H3;5-14,16-18,20H,19H2,1-4H3;2*8-10,12,15H,13-14H2,1-7H3;(H,5,6,7);2*2H,1H3;1H4;;/q;3*-1;;;;;;/i2*1D3;2*1D3,14D2;;;;;;. The Labute approximate surface area is 846 Å². The molecular weight excluding hydrogens is 2060 g/mol. The first-order chi connectivity index (χ1) is 68.5. The van der Waals surface area contributed by atoms with Gasteiger partial charge in [0, 0.05) is 134 Å². The van der Waals surface area contributed by atoms with Gasteiger partial charge in [-0.3, -0.25) is 9.54 Å². The molecule has 18 rings (SSSR count). The smallest absolute Gasteiger partial charge is 0.500 e.